The van der Waals surface area contributed by atoms with Gasteiger partial charge in [0.25, 0.3) is 0 Å². The molecule has 0 atom stereocenters. The van der Waals surface area contributed by atoms with E-state index >= 15 is 0 Å². The Hall–Kier alpha value is -2.50. The number of carbonyl (C=O) groups is 1. The first-order chi connectivity index (χ1) is 9.42. The number of nitrogens with two attached hydrogens (primary N) is 1. The molecule has 4 N–H and O–H groups in total. The molecule has 20 heavy (non-hydrogen) atoms. The maximum Gasteiger partial charge on any atom is 0.337 e. The second-order valence-corrected chi connectivity index (χ2v) is 4.70. The van der Waals surface area contributed by atoms with Crippen LogP contribution in [-0.2, 0) is 13.5 Å². The van der Waals surface area contributed by atoms with Crippen LogP contribution in [0.2, 0.25) is 0 Å². The molecule has 6 nitrogen and oxygen atoms in total. The minimum Gasteiger partial charge on any atom is -0.478 e. The van der Waals surface area contributed by atoms with Crippen molar-refractivity contribution >= 4 is 23.0 Å². The third-order valence-electron chi connectivity index (χ3n) is 3.14. The lowest BCUT2D eigenvalue weighted by Crippen LogP contribution is -2.05. The minimum atomic E-state index is -1.03. The number of hydrogen-bond acceptors (Lipinski definition) is 4. The van der Waals surface area contributed by atoms with Crippen LogP contribution in [0, 0.1) is 6.92 Å². The molecular formula is C14H18N4O2. The molecule has 1 aromatic carbocycles. The summed E-state index contributed by atoms with van der Waals surface area (Å²) in [4.78, 5) is 11.2. The van der Waals surface area contributed by atoms with E-state index < -0.39 is 5.97 Å². The summed E-state index contributed by atoms with van der Waals surface area (Å²) < 4.78 is 1.73. The molecular weight excluding hydrogens is 256 g/mol. The van der Waals surface area contributed by atoms with Gasteiger partial charge in [0, 0.05) is 24.6 Å². The highest BCUT2D eigenvalue weighted by molar-refractivity contribution is 5.96. The highest BCUT2D eigenvalue weighted by atomic mass is 16.4. The van der Waals surface area contributed by atoms with E-state index in [0.717, 1.165) is 23.4 Å². The average Bonchev–Trinajstić information content (AvgIpc) is 2.73. The van der Waals surface area contributed by atoms with Crippen molar-refractivity contribution in [3.63, 3.8) is 0 Å². The van der Waals surface area contributed by atoms with Crippen LogP contribution in [0.1, 0.15) is 28.5 Å². The highest BCUT2D eigenvalue weighted by Gasteiger charge is 2.13. The van der Waals surface area contributed by atoms with Gasteiger partial charge in [0.15, 0.2) is 0 Å². The van der Waals surface area contributed by atoms with E-state index in [4.69, 9.17) is 10.8 Å². The summed E-state index contributed by atoms with van der Waals surface area (Å²) in [5.41, 5.74) is 9.41. The maximum atomic E-state index is 11.2. The molecule has 0 bridgehead atoms. The predicted molar refractivity (Wildman–Crippen MR) is 78.4 cm³/mol. The SMILES string of the molecule is CCc1nn(C)cc1Nc1cc(C)c(N)c(C(=O)O)c1. The van der Waals surface area contributed by atoms with Gasteiger partial charge in [0.05, 0.1) is 16.9 Å². The van der Waals surface area contributed by atoms with Crippen molar-refractivity contribution in [3.05, 3.63) is 35.2 Å². The number of hydrogen-bond donors (Lipinski definition) is 3. The summed E-state index contributed by atoms with van der Waals surface area (Å²) in [5, 5.41) is 16.7. The molecule has 0 saturated carbocycles. The monoisotopic (exact) mass is 274 g/mol. The van der Waals surface area contributed by atoms with Gasteiger partial charge in [-0.25, -0.2) is 4.79 Å². The number of aryl methyl sites for hydroxylation is 3. The van der Waals surface area contributed by atoms with Crippen LogP contribution in [0.15, 0.2) is 18.3 Å². The molecule has 2 rings (SSSR count). The van der Waals surface area contributed by atoms with Gasteiger partial charge < -0.3 is 16.2 Å². The average molecular weight is 274 g/mol. The second-order valence-electron chi connectivity index (χ2n) is 4.70. The molecule has 0 fully saturated rings. The number of carboxylic acids is 1. The number of rotatable bonds is 4. The fourth-order valence-electron chi connectivity index (χ4n) is 2.10. The van der Waals surface area contributed by atoms with Gasteiger partial charge in [0.1, 0.15) is 0 Å². The zero-order valence-electron chi connectivity index (χ0n) is 11.8. The van der Waals surface area contributed by atoms with E-state index in [9.17, 15) is 4.79 Å². The summed E-state index contributed by atoms with van der Waals surface area (Å²) in [5.74, 6) is -1.03. The lowest BCUT2D eigenvalue weighted by Gasteiger charge is -2.11. The van der Waals surface area contributed by atoms with Crippen molar-refractivity contribution in [1.82, 2.24) is 9.78 Å². The van der Waals surface area contributed by atoms with Crippen molar-refractivity contribution < 1.29 is 9.90 Å². The van der Waals surface area contributed by atoms with Gasteiger partial charge in [-0.1, -0.05) is 6.92 Å². The van der Waals surface area contributed by atoms with Crippen molar-refractivity contribution in [2.75, 3.05) is 11.1 Å². The van der Waals surface area contributed by atoms with Crippen molar-refractivity contribution in [2.45, 2.75) is 20.3 Å². The molecule has 1 heterocycles. The van der Waals surface area contributed by atoms with Gasteiger partial charge in [-0.15, -0.1) is 0 Å². The number of carboxylic acid groups (broad SMARTS) is 1. The Morgan fingerprint density at radius 1 is 1.50 bits per heavy atom. The molecule has 0 unspecified atom stereocenters. The third kappa shape index (κ3) is 2.59. The Balaban J connectivity index is 2.41. The highest BCUT2D eigenvalue weighted by Crippen LogP contribution is 2.26. The number of benzene rings is 1. The summed E-state index contributed by atoms with van der Waals surface area (Å²) in [7, 11) is 1.85. The van der Waals surface area contributed by atoms with Crippen LogP contribution >= 0.6 is 0 Å². The third-order valence-corrected chi connectivity index (χ3v) is 3.14. The molecule has 0 aliphatic heterocycles. The molecule has 0 aliphatic rings. The maximum absolute atomic E-state index is 11.2. The molecule has 6 heteroatoms. The summed E-state index contributed by atoms with van der Waals surface area (Å²) in [6, 6.07) is 3.37. The molecule has 1 aromatic heterocycles. The summed E-state index contributed by atoms with van der Waals surface area (Å²) in [6.45, 7) is 3.81. The minimum absolute atomic E-state index is 0.106. The Morgan fingerprint density at radius 2 is 2.20 bits per heavy atom. The Morgan fingerprint density at radius 3 is 2.80 bits per heavy atom. The number of anilines is 3. The fraction of sp³-hybridized carbons (Fsp3) is 0.286. The van der Waals surface area contributed by atoms with Gasteiger partial charge in [-0.3, -0.25) is 4.68 Å². The zero-order chi connectivity index (χ0) is 14.9. The standard InChI is InChI=1S/C14H18N4O2/c1-4-11-12(7-18(3)17-11)16-9-5-8(2)13(15)10(6-9)14(19)20/h5-7,16H,4,15H2,1-3H3,(H,19,20). The van der Waals surface area contributed by atoms with Gasteiger partial charge in [-0.05, 0) is 31.0 Å². The Kier molecular flexibility index (Phi) is 3.65. The smallest absolute Gasteiger partial charge is 0.337 e. The lowest BCUT2D eigenvalue weighted by atomic mass is 10.1. The molecule has 0 radical (unpaired) electrons. The first kappa shape index (κ1) is 13.9. The van der Waals surface area contributed by atoms with Crippen LogP contribution in [0.25, 0.3) is 0 Å². The van der Waals surface area contributed by atoms with Crippen molar-refractivity contribution in [1.29, 1.82) is 0 Å². The lowest BCUT2D eigenvalue weighted by molar-refractivity contribution is 0.0698. The first-order valence-corrected chi connectivity index (χ1v) is 6.35. The zero-order valence-corrected chi connectivity index (χ0v) is 11.8. The molecule has 2 aromatic rings. The van der Waals surface area contributed by atoms with Crippen LogP contribution in [0.5, 0.6) is 0 Å². The Bertz CT molecular complexity index is 661. The molecule has 0 saturated heterocycles. The van der Waals surface area contributed by atoms with E-state index in [1.165, 1.54) is 6.07 Å². The number of aromatic carboxylic acids is 1. The van der Waals surface area contributed by atoms with Crippen LogP contribution in [0.3, 0.4) is 0 Å². The van der Waals surface area contributed by atoms with E-state index in [1.54, 1.807) is 11.6 Å². The van der Waals surface area contributed by atoms with E-state index in [-0.39, 0.29) is 5.56 Å². The predicted octanol–water partition coefficient (Wildman–Crippen LogP) is 2.31. The van der Waals surface area contributed by atoms with Gasteiger partial charge in [-0.2, -0.15) is 5.10 Å². The van der Waals surface area contributed by atoms with Crippen molar-refractivity contribution in [3.8, 4) is 0 Å². The number of nitrogens with zero attached hydrogens (tertiary/aromatic N) is 2. The van der Waals surface area contributed by atoms with Crippen LogP contribution in [0.4, 0.5) is 17.1 Å². The topological polar surface area (TPSA) is 93.2 Å². The number of nitrogen functional groups attached to an aromatic ring is 1. The van der Waals surface area contributed by atoms with Crippen molar-refractivity contribution in [2.24, 2.45) is 7.05 Å². The second kappa shape index (κ2) is 5.24. The van der Waals surface area contributed by atoms with Crippen LogP contribution < -0.4 is 11.1 Å². The number of nitrogens with one attached hydrogen (secondary N) is 1. The summed E-state index contributed by atoms with van der Waals surface area (Å²) in [6.07, 6.45) is 2.66. The molecule has 0 amide bonds. The molecule has 106 valence electrons. The quantitative estimate of drug-likeness (QED) is 0.744. The number of aromatic nitrogens is 2. The van der Waals surface area contributed by atoms with Gasteiger partial charge in [0.2, 0.25) is 0 Å². The molecule has 0 spiro atoms. The Labute approximate surface area is 117 Å². The largest absolute Gasteiger partial charge is 0.478 e. The normalized spacial score (nSPS) is 10.6. The van der Waals surface area contributed by atoms with Crippen LogP contribution in [-0.4, -0.2) is 20.9 Å². The van der Waals surface area contributed by atoms with E-state index in [0.29, 0.717) is 11.4 Å². The van der Waals surface area contributed by atoms with Gasteiger partial charge >= 0.3 is 5.97 Å². The molecule has 0 aliphatic carbocycles. The van der Waals surface area contributed by atoms with E-state index in [2.05, 4.69) is 10.4 Å². The first-order valence-electron chi connectivity index (χ1n) is 6.35. The van der Waals surface area contributed by atoms with E-state index in [1.807, 2.05) is 26.2 Å². The summed E-state index contributed by atoms with van der Waals surface area (Å²) >= 11 is 0. The fourth-order valence-corrected chi connectivity index (χ4v) is 2.10.